The lowest BCUT2D eigenvalue weighted by atomic mass is 10.00. The van der Waals surface area contributed by atoms with Crippen molar-refractivity contribution in [1.82, 2.24) is 14.9 Å². The smallest absolute Gasteiger partial charge is 0.296 e. The lowest BCUT2D eigenvalue weighted by Crippen LogP contribution is -2.43. The summed E-state index contributed by atoms with van der Waals surface area (Å²) in [5.74, 6) is -2.19. The molecule has 2 aromatic rings. The number of nitrogens with one attached hydrogen (secondary N) is 1. The largest absolute Gasteiger partial charge is 0.501 e. The molecule has 0 saturated heterocycles. The zero-order chi connectivity index (χ0) is 22.3. The van der Waals surface area contributed by atoms with Crippen LogP contribution in [0.5, 0.6) is 5.75 Å². The second kappa shape index (κ2) is 7.80. The minimum absolute atomic E-state index is 0.156. The summed E-state index contributed by atoms with van der Waals surface area (Å²) in [5, 5.41) is 12.7. The van der Waals surface area contributed by atoms with Gasteiger partial charge >= 0.3 is 0 Å². The van der Waals surface area contributed by atoms with E-state index in [1.165, 1.54) is 10.6 Å². The fourth-order valence-electron chi connectivity index (χ4n) is 3.28. The van der Waals surface area contributed by atoms with E-state index in [0.29, 0.717) is 6.42 Å². The van der Waals surface area contributed by atoms with E-state index < -0.39 is 44.2 Å². The average Bonchev–Trinajstić information content (AvgIpc) is 2.69. The number of aromatic hydroxyl groups is 1. The van der Waals surface area contributed by atoms with Crippen LogP contribution >= 0.6 is 0 Å². The Bertz CT molecular complexity index is 1180. The molecule has 11 heteroatoms. The number of nitrogens with zero attached hydrogens (tertiary/aromatic N) is 2. The van der Waals surface area contributed by atoms with Gasteiger partial charge < -0.3 is 15.2 Å². The topological polar surface area (TPSA) is 128 Å². The Morgan fingerprint density at radius 1 is 1.43 bits per heavy atom. The molecule has 0 saturated carbocycles. The van der Waals surface area contributed by atoms with Gasteiger partial charge in [0.15, 0.2) is 15.5 Å². The molecular formula is C19H22FN3O6S. The summed E-state index contributed by atoms with van der Waals surface area (Å²) >= 11 is 0. The van der Waals surface area contributed by atoms with Crippen molar-refractivity contribution in [2.45, 2.75) is 43.9 Å². The Hall–Kier alpha value is -2.79. The van der Waals surface area contributed by atoms with Crippen molar-refractivity contribution in [3.8, 4) is 5.75 Å². The number of carbonyl (C=O) groups is 1. The van der Waals surface area contributed by atoms with E-state index in [4.69, 9.17) is 4.74 Å². The highest BCUT2D eigenvalue weighted by atomic mass is 32.2. The first-order chi connectivity index (χ1) is 14.0. The van der Waals surface area contributed by atoms with Crippen LogP contribution in [0, 0.1) is 5.82 Å². The third-order valence-corrected chi connectivity index (χ3v) is 6.29. The molecule has 1 unspecified atom stereocenters. The van der Waals surface area contributed by atoms with Gasteiger partial charge in [0.05, 0.1) is 18.0 Å². The SMILES string of the molecule is CCC1(C)OCCn2c1nc(C(=O)NCc1ccc(F)cc1S(C)(=O)=O)c(O)c2=O. The maximum absolute atomic E-state index is 13.5. The number of ether oxygens (including phenoxy) is 1. The quantitative estimate of drug-likeness (QED) is 0.713. The molecule has 0 fully saturated rings. The lowest BCUT2D eigenvalue weighted by Gasteiger charge is -2.34. The summed E-state index contributed by atoms with van der Waals surface area (Å²) in [6, 6.07) is 3.17. The molecule has 0 bridgehead atoms. The molecular weight excluding hydrogens is 417 g/mol. The van der Waals surface area contributed by atoms with Crippen LogP contribution in [0.2, 0.25) is 0 Å². The molecule has 2 heterocycles. The lowest BCUT2D eigenvalue weighted by molar-refractivity contribution is -0.0728. The highest BCUT2D eigenvalue weighted by Gasteiger charge is 2.36. The van der Waals surface area contributed by atoms with Crippen LogP contribution in [0.15, 0.2) is 27.9 Å². The van der Waals surface area contributed by atoms with Crippen molar-refractivity contribution in [1.29, 1.82) is 0 Å². The Labute approximate surface area is 172 Å². The molecule has 1 aromatic carbocycles. The van der Waals surface area contributed by atoms with E-state index in [2.05, 4.69) is 10.3 Å². The highest BCUT2D eigenvalue weighted by molar-refractivity contribution is 7.90. The predicted molar refractivity (Wildman–Crippen MR) is 104 cm³/mol. The maximum atomic E-state index is 13.5. The van der Waals surface area contributed by atoms with Crippen LogP contribution in [0.4, 0.5) is 4.39 Å². The Kier molecular flexibility index (Phi) is 5.70. The van der Waals surface area contributed by atoms with Crippen molar-refractivity contribution in [2.24, 2.45) is 0 Å². The van der Waals surface area contributed by atoms with Gasteiger partial charge in [-0.15, -0.1) is 0 Å². The number of benzene rings is 1. The minimum Gasteiger partial charge on any atom is -0.501 e. The van der Waals surface area contributed by atoms with E-state index in [0.717, 1.165) is 18.4 Å². The number of sulfone groups is 1. The number of halogens is 1. The second-order valence-corrected chi connectivity index (χ2v) is 9.21. The van der Waals surface area contributed by atoms with Gasteiger partial charge in [0.25, 0.3) is 11.5 Å². The van der Waals surface area contributed by atoms with Crippen LogP contribution in [-0.2, 0) is 33.3 Å². The molecule has 0 radical (unpaired) electrons. The minimum atomic E-state index is -3.74. The molecule has 1 atom stereocenters. The highest BCUT2D eigenvalue weighted by Crippen LogP contribution is 2.31. The average molecular weight is 439 g/mol. The van der Waals surface area contributed by atoms with E-state index in [9.17, 15) is 27.5 Å². The fraction of sp³-hybridized carbons (Fsp3) is 0.421. The standard InChI is InChI=1S/C19H22FN3O6S/c1-4-19(2)18-22-14(15(24)17(26)23(18)7-8-29-19)16(25)21-10-11-5-6-12(20)9-13(11)30(3,27)28/h5-6,9,24H,4,7-8,10H2,1-3H3,(H,21,25). The first kappa shape index (κ1) is 21.9. The van der Waals surface area contributed by atoms with E-state index >= 15 is 0 Å². The Morgan fingerprint density at radius 2 is 2.13 bits per heavy atom. The van der Waals surface area contributed by atoms with Gasteiger partial charge in [0.2, 0.25) is 5.75 Å². The van der Waals surface area contributed by atoms with Crippen LogP contribution in [-0.4, -0.2) is 41.8 Å². The van der Waals surface area contributed by atoms with E-state index in [1.807, 2.05) is 6.92 Å². The summed E-state index contributed by atoms with van der Waals surface area (Å²) in [7, 11) is -3.74. The molecule has 0 spiro atoms. The molecule has 30 heavy (non-hydrogen) atoms. The Balaban J connectivity index is 1.96. The normalized spacial score (nSPS) is 18.7. The molecule has 1 aromatic heterocycles. The number of hydrogen-bond donors (Lipinski definition) is 2. The number of carbonyl (C=O) groups excluding carboxylic acids is 1. The number of rotatable bonds is 5. The van der Waals surface area contributed by atoms with Gasteiger partial charge in [-0.2, -0.15) is 0 Å². The number of aromatic nitrogens is 2. The summed E-state index contributed by atoms with van der Waals surface area (Å²) in [4.78, 5) is 29.1. The van der Waals surface area contributed by atoms with Crippen molar-refractivity contribution >= 4 is 15.7 Å². The molecule has 162 valence electrons. The fourth-order valence-corrected chi connectivity index (χ4v) is 4.22. The summed E-state index contributed by atoms with van der Waals surface area (Å²) in [6.45, 7) is 3.76. The van der Waals surface area contributed by atoms with Crippen LogP contribution in [0.1, 0.15) is 42.1 Å². The first-order valence-corrected chi connectivity index (χ1v) is 11.1. The van der Waals surface area contributed by atoms with Gasteiger partial charge in [0, 0.05) is 12.8 Å². The summed E-state index contributed by atoms with van der Waals surface area (Å²) in [6.07, 6.45) is 1.41. The van der Waals surface area contributed by atoms with Crippen molar-refractivity contribution < 1.29 is 27.4 Å². The summed E-state index contributed by atoms with van der Waals surface area (Å²) in [5.41, 5.74) is -1.99. The molecule has 9 nitrogen and oxygen atoms in total. The molecule has 3 rings (SSSR count). The van der Waals surface area contributed by atoms with Gasteiger partial charge in [0.1, 0.15) is 17.2 Å². The monoisotopic (exact) mass is 439 g/mol. The van der Waals surface area contributed by atoms with Crippen LogP contribution < -0.4 is 10.9 Å². The zero-order valence-electron chi connectivity index (χ0n) is 16.7. The van der Waals surface area contributed by atoms with E-state index in [1.54, 1.807) is 6.92 Å². The van der Waals surface area contributed by atoms with Crippen molar-refractivity contribution in [3.05, 3.63) is 51.5 Å². The summed E-state index contributed by atoms with van der Waals surface area (Å²) < 4.78 is 44.3. The Morgan fingerprint density at radius 3 is 2.77 bits per heavy atom. The van der Waals surface area contributed by atoms with Gasteiger partial charge in [-0.25, -0.2) is 17.8 Å². The van der Waals surface area contributed by atoms with Gasteiger partial charge in [-0.3, -0.25) is 14.2 Å². The third-order valence-electron chi connectivity index (χ3n) is 5.11. The molecule has 0 aliphatic carbocycles. The molecule has 2 N–H and O–H groups in total. The first-order valence-electron chi connectivity index (χ1n) is 9.23. The molecule has 1 aliphatic heterocycles. The van der Waals surface area contributed by atoms with Gasteiger partial charge in [-0.05, 0) is 31.0 Å². The molecule has 1 aliphatic rings. The second-order valence-electron chi connectivity index (χ2n) is 7.23. The molecule has 1 amide bonds. The maximum Gasteiger partial charge on any atom is 0.296 e. The van der Waals surface area contributed by atoms with Crippen molar-refractivity contribution in [3.63, 3.8) is 0 Å². The van der Waals surface area contributed by atoms with Crippen LogP contribution in [0.25, 0.3) is 0 Å². The number of fused-ring (bicyclic) bond motifs is 1. The predicted octanol–water partition coefficient (Wildman–Crippen LogP) is 1.08. The zero-order valence-corrected chi connectivity index (χ0v) is 17.5. The number of amides is 1. The van der Waals surface area contributed by atoms with E-state index in [-0.39, 0.29) is 36.0 Å². The van der Waals surface area contributed by atoms with Crippen LogP contribution in [0.3, 0.4) is 0 Å². The van der Waals surface area contributed by atoms with Crippen molar-refractivity contribution in [2.75, 3.05) is 12.9 Å². The van der Waals surface area contributed by atoms with Gasteiger partial charge in [-0.1, -0.05) is 13.0 Å². The third kappa shape index (κ3) is 3.94. The number of hydrogen-bond acceptors (Lipinski definition) is 7.